The molecule has 0 saturated carbocycles. The fraction of sp³-hybridized carbons (Fsp3) is 0.148. The van der Waals surface area contributed by atoms with Gasteiger partial charge in [0.15, 0.2) is 17.4 Å². The zero-order valence-electron chi connectivity index (χ0n) is 20.0. The monoisotopic (exact) mass is 501 g/mol. The first-order valence-corrected chi connectivity index (χ1v) is 11.4. The van der Waals surface area contributed by atoms with Gasteiger partial charge in [0.05, 0.1) is 35.5 Å². The van der Waals surface area contributed by atoms with Crippen molar-refractivity contribution in [2.24, 2.45) is 0 Å². The first kappa shape index (κ1) is 24.1. The smallest absolute Gasteiger partial charge is 0.261 e. The van der Waals surface area contributed by atoms with Crippen LogP contribution in [0.3, 0.4) is 0 Å². The Morgan fingerprint density at radius 2 is 1.51 bits per heavy atom. The Morgan fingerprint density at radius 1 is 0.865 bits per heavy atom. The molecule has 0 spiro atoms. The van der Waals surface area contributed by atoms with Crippen LogP contribution >= 0.6 is 0 Å². The number of carbonyl (C=O) groups is 3. The van der Waals surface area contributed by atoms with E-state index in [2.05, 4.69) is 10.2 Å². The van der Waals surface area contributed by atoms with E-state index in [1.54, 1.807) is 43.3 Å². The molecule has 0 aliphatic carbocycles. The van der Waals surface area contributed by atoms with E-state index in [1.807, 2.05) is 0 Å². The second-order valence-electron chi connectivity index (χ2n) is 8.82. The zero-order chi connectivity index (χ0) is 26.3. The maximum atomic E-state index is 15.2. The molecular formula is C27H21F2N5O3. The van der Waals surface area contributed by atoms with Crippen molar-refractivity contribution in [2.75, 3.05) is 14.1 Å². The third-order valence-electron chi connectivity index (χ3n) is 5.98. The van der Waals surface area contributed by atoms with E-state index in [0.717, 1.165) is 17.0 Å². The molecule has 1 aliphatic heterocycles. The molecule has 1 aromatic heterocycles. The summed E-state index contributed by atoms with van der Waals surface area (Å²) < 4.78 is 30.5. The predicted molar refractivity (Wildman–Crippen MR) is 129 cm³/mol. The van der Waals surface area contributed by atoms with E-state index in [0.29, 0.717) is 5.82 Å². The summed E-state index contributed by atoms with van der Waals surface area (Å²) in [6.07, 6.45) is 0. The molecule has 5 rings (SSSR count). The lowest BCUT2D eigenvalue weighted by Gasteiger charge is -2.19. The molecule has 2 heterocycles. The number of ketones is 1. The van der Waals surface area contributed by atoms with Crippen LogP contribution < -0.4 is 0 Å². The number of rotatable bonds is 7. The highest BCUT2D eigenvalue weighted by Crippen LogP contribution is 2.28. The Balaban J connectivity index is 1.63. The van der Waals surface area contributed by atoms with E-state index >= 15 is 4.39 Å². The summed E-state index contributed by atoms with van der Waals surface area (Å²) in [6, 6.07) is 15.5. The molecule has 2 amide bonds. The van der Waals surface area contributed by atoms with Crippen molar-refractivity contribution in [3.8, 4) is 5.69 Å². The highest BCUT2D eigenvalue weighted by molar-refractivity contribution is 6.21. The number of benzene rings is 3. The van der Waals surface area contributed by atoms with Gasteiger partial charge in [-0.2, -0.15) is 0 Å². The van der Waals surface area contributed by atoms with E-state index in [1.165, 1.54) is 34.9 Å². The molecule has 0 N–H and O–H groups in total. The molecule has 3 aromatic carbocycles. The first-order chi connectivity index (χ1) is 17.8. The summed E-state index contributed by atoms with van der Waals surface area (Å²) in [4.78, 5) is 42.2. The Labute approximate surface area is 210 Å². The highest BCUT2D eigenvalue weighted by atomic mass is 19.1. The molecule has 0 atom stereocenters. The molecule has 0 saturated heterocycles. The second-order valence-corrected chi connectivity index (χ2v) is 8.82. The van der Waals surface area contributed by atoms with Crippen LogP contribution in [-0.2, 0) is 13.1 Å². The van der Waals surface area contributed by atoms with Crippen LogP contribution in [0.5, 0.6) is 0 Å². The van der Waals surface area contributed by atoms with Gasteiger partial charge in [0.2, 0.25) is 0 Å². The number of aromatic nitrogens is 3. The summed E-state index contributed by atoms with van der Waals surface area (Å²) >= 11 is 0. The predicted octanol–water partition coefficient (Wildman–Crippen LogP) is 3.63. The lowest BCUT2D eigenvalue weighted by Crippen LogP contribution is -2.31. The maximum Gasteiger partial charge on any atom is 0.261 e. The highest BCUT2D eigenvalue weighted by Gasteiger charge is 2.36. The largest absolute Gasteiger partial charge is 0.302 e. The third kappa shape index (κ3) is 4.31. The number of imide groups is 1. The molecule has 0 unspecified atom stereocenters. The summed E-state index contributed by atoms with van der Waals surface area (Å²) in [5.41, 5.74) is 0.328. The minimum absolute atomic E-state index is 0.0320. The number of fused-ring (bicyclic) bond motifs is 1. The molecule has 10 heteroatoms. The van der Waals surface area contributed by atoms with Gasteiger partial charge in [0.25, 0.3) is 11.8 Å². The minimum Gasteiger partial charge on any atom is -0.302 e. The lowest BCUT2D eigenvalue weighted by molar-refractivity contribution is 0.0637. The number of hydrogen-bond donors (Lipinski definition) is 0. The number of hydrogen-bond acceptors (Lipinski definition) is 6. The fourth-order valence-corrected chi connectivity index (χ4v) is 4.34. The molecule has 0 radical (unpaired) electrons. The van der Waals surface area contributed by atoms with Gasteiger partial charge in [-0.3, -0.25) is 23.9 Å². The molecule has 186 valence electrons. The van der Waals surface area contributed by atoms with Crippen molar-refractivity contribution in [2.45, 2.75) is 13.1 Å². The SMILES string of the molecule is CN(C)Cc1nnc(CN2C(=O)c3ccccc3C2=O)n1-c1cccc(F)c1C(=O)c1cccc(F)c1. The first-order valence-electron chi connectivity index (χ1n) is 11.4. The van der Waals surface area contributed by atoms with Crippen LogP contribution in [0.4, 0.5) is 8.78 Å². The van der Waals surface area contributed by atoms with Crippen molar-refractivity contribution in [1.29, 1.82) is 0 Å². The number of nitrogens with zero attached hydrogens (tertiary/aromatic N) is 5. The Hall–Kier alpha value is -4.57. The Morgan fingerprint density at radius 3 is 2.16 bits per heavy atom. The quantitative estimate of drug-likeness (QED) is 0.284. The van der Waals surface area contributed by atoms with E-state index in [-0.39, 0.29) is 46.9 Å². The third-order valence-corrected chi connectivity index (χ3v) is 5.98. The molecule has 37 heavy (non-hydrogen) atoms. The fourth-order valence-electron chi connectivity index (χ4n) is 4.34. The Bertz CT molecular complexity index is 1530. The van der Waals surface area contributed by atoms with Gasteiger partial charge < -0.3 is 4.90 Å². The van der Waals surface area contributed by atoms with Gasteiger partial charge in [0, 0.05) is 5.56 Å². The van der Waals surface area contributed by atoms with E-state index in [4.69, 9.17) is 0 Å². The van der Waals surface area contributed by atoms with Crippen molar-refractivity contribution < 1.29 is 23.2 Å². The summed E-state index contributed by atoms with van der Waals surface area (Å²) in [7, 11) is 3.60. The topological polar surface area (TPSA) is 88.4 Å². The molecule has 8 nitrogen and oxygen atoms in total. The zero-order valence-corrected chi connectivity index (χ0v) is 20.0. The molecule has 1 aliphatic rings. The van der Waals surface area contributed by atoms with Crippen molar-refractivity contribution in [3.63, 3.8) is 0 Å². The number of carbonyl (C=O) groups excluding carboxylic acids is 3. The van der Waals surface area contributed by atoms with E-state index < -0.39 is 29.2 Å². The van der Waals surface area contributed by atoms with Crippen LogP contribution in [0.2, 0.25) is 0 Å². The van der Waals surface area contributed by atoms with Gasteiger partial charge in [-0.15, -0.1) is 10.2 Å². The van der Waals surface area contributed by atoms with Gasteiger partial charge in [-0.25, -0.2) is 8.78 Å². The average Bonchev–Trinajstić information content (AvgIpc) is 3.37. The van der Waals surface area contributed by atoms with Crippen molar-refractivity contribution in [3.05, 3.63) is 112 Å². The Kier molecular flexibility index (Phi) is 6.18. The normalized spacial score (nSPS) is 12.9. The standard InChI is InChI=1S/C27H21F2N5O3/c1-32(2)14-22-30-31-23(15-33-26(36)18-9-3-4-10-19(18)27(33)37)34(22)21-12-6-11-20(29)24(21)25(35)16-7-5-8-17(28)13-16/h3-13H,14-15H2,1-2H3. The minimum atomic E-state index is -0.817. The van der Waals surface area contributed by atoms with Gasteiger partial charge in [-0.05, 0) is 50.5 Å². The second kappa shape index (κ2) is 9.47. The van der Waals surface area contributed by atoms with Crippen molar-refractivity contribution in [1.82, 2.24) is 24.6 Å². The van der Waals surface area contributed by atoms with Crippen LogP contribution in [0.15, 0.2) is 66.7 Å². The van der Waals surface area contributed by atoms with Crippen LogP contribution in [-0.4, -0.2) is 56.3 Å². The molecular weight excluding hydrogens is 480 g/mol. The molecule has 0 bridgehead atoms. The maximum absolute atomic E-state index is 15.2. The van der Waals surface area contributed by atoms with Crippen LogP contribution in [0, 0.1) is 11.6 Å². The average molecular weight is 501 g/mol. The molecule has 0 fully saturated rings. The van der Waals surface area contributed by atoms with Crippen LogP contribution in [0.1, 0.15) is 48.3 Å². The van der Waals surface area contributed by atoms with Crippen molar-refractivity contribution >= 4 is 17.6 Å². The summed E-state index contributed by atoms with van der Waals surface area (Å²) in [6.45, 7) is 0.0100. The number of amides is 2. The van der Waals surface area contributed by atoms with Gasteiger partial charge >= 0.3 is 0 Å². The summed E-state index contributed by atoms with van der Waals surface area (Å²) in [5.74, 6) is -2.64. The molecule has 4 aromatic rings. The van der Waals surface area contributed by atoms with Crippen LogP contribution in [0.25, 0.3) is 5.69 Å². The van der Waals surface area contributed by atoms with Gasteiger partial charge in [0.1, 0.15) is 11.6 Å². The number of halogens is 2. The summed E-state index contributed by atoms with van der Waals surface area (Å²) in [5, 5.41) is 8.42. The van der Waals surface area contributed by atoms with E-state index in [9.17, 15) is 18.8 Å². The lowest BCUT2D eigenvalue weighted by atomic mass is 10.0. The van der Waals surface area contributed by atoms with Gasteiger partial charge in [-0.1, -0.05) is 30.3 Å².